The van der Waals surface area contributed by atoms with Crippen LogP contribution in [0.3, 0.4) is 0 Å². The van der Waals surface area contributed by atoms with Crippen molar-refractivity contribution in [3.05, 3.63) is 54.6 Å². The van der Waals surface area contributed by atoms with E-state index in [1.165, 1.54) is 11.0 Å². The third kappa shape index (κ3) is 3.53. The second-order valence-corrected chi connectivity index (χ2v) is 6.62. The summed E-state index contributed by atoms with van der Waals surface area (Å²) in [6, 6.07) is 10.1. The molecular formula is C20H20FN5O2. The molecule has 0 unspecified atom stereocenters. The molecule has 3 heterocycles. The summed E-state index contributed by atoms with van der Waals surface area (Å²) in [6.45, 7) is 2.38. The summed E-state index contributed by atoms with van der Waals surface area (Å²) in [6.07, 6.45) is 3.56. The molecule has 28 heavy (non-hydrogen) atoms. The van der Waals surface area contributed by atoms with Gasteiger partial charge < -0.3 is 10.1 Å². The monoisotopic (exact) mass is 381 g/mol. The molecule has 1 aromatic carbocycles. The lowest BCUT2D eigenvalue weighted by Crippen LogP contribution is -2.24. The Kier molecular flexibility index (Phi) is 4.68. The van der Waals surface area contributed by atoms with Crippen LogP contribution in [0.25, 0.3) is 11.1 Å². The third-order valence-corrected chi connectivity index (χ3v) is 4.64. The van der Waals surface area contributed by atoms with Crippen molar-refractivity contribution in [2.45, 2.75) is 19.4 Å². The Morgan fingerprint density at radius 2 is 2.11 bits per heavy atom. The number of benzene rings is 1. The predicted octanol–water partition coefficient (Wildman–Crippen LogP) is 4.10. The molecule has 1 amide bonds. The van der Waals surface area contributed by atoms with Crippen LogP contribution in [0.4, 0.5) is 26.5 Å². The number of anilines is 3. The van der Waals surface area contributed by atoms with Crippen LogP contribution in [0.2, 0.25) is 0 Å². The fraction of sp³-hybridized carbons (Fsp3) is 0.250. The minimum Gasteiger partial charge on any atom is -0.444 e. The van der Waals surface area contributed by atoms with Crippen molar-refractivity contribution >= 4 is 23.4 Å². The number of carbonyl (C=O) groups excluding carboxylic acids is 1. The van der Waals surface area contributed by atoms with E-state index in [1.807, 2.05) is 26.2 Å². The summed E-state index contributed by atoms with van der Waals surface area (Å²) < 4.78 is 21.6. The molecule has 0 spiro atoms. The zero-order valence-electron chi connectivity index (χ0n) is 15.6. The molecule has 7 nitrogen and oxygen atoms in total. The summed E-state index contributed by atoms with van der Waals surface area (Å²) in [4.78, 5) is 17.7. The van der Waals surface area contributed by atoms with Crippen molar-refractivity contribution in [3.8, 4) is 11.1 Å². The molecule has 1 fully saturated rings. The van der Waals surface area contributed by atoms with E-state index in [2.05, 4.69) is 15.4 Å². The van der Waals surface area contributed by atoms with Crippen LogP contribution in [-0.2, 0) is 11.8 Å². The molecule has 144 valence electrons. The van der Waals surface area contributed by atoms with E-state index in [4.69, 9.17) is 4.74 Å². The Bertz CT molecular complexity index is 1000. The maximum absolute atomic E-state index is 14.7. The number of nitrogens with zero attached hydrogens (tertiary/aromatic N) is 4. The quantitative estimate of drug-likeness (QED) is 0.720. The first-order valence-electron chi connectivity index (χ1n) is 9.04. The normalized spacial score (nSPS) is 16.3. The van der Waals surface area contributed by atoms with Crippen LogP contribution in [-0.4, -0.2) is 33.5 Å². The van der Waals surface area contributed by atoms with E-state index >= 15 is 0 Å². The van der Waals surface area contributed by atoms with Crippen molar-refractivity contribution in [2.24, 2.45) is 7.05 Å². The van der Waals surface area contributed by atoms with Gasteiger partial charge in [0.15, 0.2) is 5.82 Å². The lowest BCUT2D eigenvalue weighted by atomic mass is 10.1. The first-order valence-corrected chi connectivity index (χ1v) is 9.04. The number of hydrogen-bond donors (Lipinski definition) is 1. The first kappa shape index (κ1) is 18.0. The first-order chi connectivity index (χ1) is 13.5. The van der Waals surface area contributed by atoms with Crippen molar-refractivity contribution in [1.82, 2.24) is 14.8 Å². The highest BCUT2D eigenvalue weighted by Gasteiger charge is 2.31. The molecule has 1 aliphatic heterocycles. The summed E-state index contributed by atoms with van der Waals surface area (Å²) in [7, 11) is 1.83. The molecule has 0 aliphatic carbocycles. The minimum absolute atomic E-state index is 0.154. The van der Waals surface area contributed by atoms with Crippen LogP contribution in [0.15, 0.2) is 48.8 Å². The number of nitrogens with one attached hydrogen (secondary N) is 1. The van der Waals surface area contributed by atoms with Gasteiger partial charge in [0, 0.05) is 36.6 Å². The van der Waals surface area contributed by atoms with Crippen LogP contribution >= 0.6 is 0 Å². The minimum atomic E-state index is -0.439. The Hall–Kier alpha value is -3.42. The molecule has 1 saturated heterocycles. The Labute approximate surface area is 161 Å². The zero-order valence-corrected chi connectivity index (χ0v) is 15.6. The molecule has 0 radical (unpaired) electrons. The van der Waals surface area contributed by atoms with E-state index in [0.717, 1.165) is 6.42 Å². The molecule has 1 N–H and O–H groups in total. The van der Waals surface area contributed by atoms with Gasteiger partial charge in [-0.2, -0.15) is 5.10 Å². The maximum atomic E-state index is 14.7. The third-order valence-electron chi connectivity index (χ3n) is 4.64. The van der Waals surface area contributed by atoms with Crippen LogP contribution < -0.4 is 10.2 Å². The predicted molar refractivity (Wildman–Crippen MR) is 104 cm³/mol. The number of aryl methyl sites for hydroxylation is 1. The average molecular weight is 381 g/mol. The molecule has 3 aromatic rings. The number of halogens is 1. The van der Waals surface area contributed by atoms with Gasteiger partial charge in [0.1, 0.15) is 17.7 Å². The summed E-state index contributed by atoms with van der Waals surface area (Å²) in [5.74, 6) is 0.878. The van der Waals surface area contributed by atoms with Gasteiger partial charge in [-0.15, -0.1) is 0 Å². The highest BCUT2D eigenvalue weighted by atomic mass is 19.1. The molecule has 0 saturated carbocycles. The fourth-order valence-electron chi connectivity index (χ4n) is 3.09. The lowest BCUT2D eigenvalue weighted by Gasteiger charge is -2.14. The van der Waals surface area contributed by atoms with E-state index in [9.17, 15) is 9.18 Å². The van der Waals surface area contributed by atoms with Gasteiger partial charge in [-0.25, -0.2) is 14.2 Å². The lowest BCUT2D eigenvalue weighted by molar-refractivity contribution is 0.139. The Morgan fingerprint density at radius 3 is 2.71 bits per heavy atom. The van der Waals surface area contributed by atoms with E-state index in [0.29, 0.717) is 35.0 Å². The SMILES string of the molecule is CC[C@H]1CN(c2ccc(-c3ccc(Nc4ccn(C)n4)nc3)c(F)c2)C(=O)O1. The number of amides is 1. The van der Waals surface area contributed by atoms with Crippen LogP contribution in [0.5, 0.6) is 0 Å². The van der Waals surface area contributed by atoms with Gasteiger partial charge in [0.2, 0.25) is 0 Å². The highest BCUT2D eigenvalue weighted by molar-refractivity contribution is 5.90. The topological polar surface area (TPSA) is 72.3 Å². The zero-order chi connectivity index (χ0) is 19.7. The number of ether oxygens (including phenoxy) is 1. The van der Waals surface area contributed by atoms with Gasteiger partial charge in [0.05, 0.1) is 12.2 Å². The number of cyclic esters (lactones) is 1. The van der Waals surface area contributed by atoms with Gasteiger partial charge in [-0.1, -0.05) is 6.92 Å². The Morgan fingerprint density at radius 1 is 1.25 bits per heavy atom. The largest absolute Gasteiger partial charge is 0.444 e. The highest BCUT2D eigenvalue weighted by Crippen LogP contribution is 2.29. The van der Waals surface area contributed by atoms with E-state index in [-0.39, 0.29) is 6.10 Å². The molecule has 1 atom stereocenters. The number of hydrogen-bond acceptors (Lipinski definition) is 5. The molecule has 8 heteroatoms. The molecule has 4 rings (SSSR count). The van der Waals surface area contributed by atoms with Crippen LogP contribution in [0, 0.1) is 5.82 Å². The van der Waals surface area contributed by atoms with Crippen LogP contribution in [0.1, 0.15) is 13.3 Å². The molecule has 1 aliphatic rings. The van der Waals surface area contributed by atoms with Gasteiger partial charge in [0.25, 0.3) is 0 Å². The molecule has 2 aromatic heterocycles. The van der Waals surface area contributed by atoms with Crippen molar-refractivity contribution in [1.29, 1.82) is 0 Å². The fourth-order valence-corrected chi connectivity index (χ4v) is 3.09. The average Bonchev–Trinajstić information content (AvgIpc) is 3.27. The van der Waals surface area contributed by atoms with Crippen molar-refractivity contribution < 1.29 is 13.9 Å². The number of carbonyl (C=O) groups is 1. The summed E-state index contributed by atoms with van der Waals surface area (Å²) in [5, 5.41) is 7.31. The smallest absolute Gasteiger partial charge is 0.414 e. The van der Waals surface area contributed by atoms with Gasteiger partial charge >= 0.3 is 6.09 Å². The standard InChI is InChI=1S/C20H20FN5O2/c1-3-15-12-26(20(27)28-15)14-5-6-16(17(21)10-14)13-4-7-18(22-11-13)23-19-8-9-25(2)24-19/h4-11,15H,3,12H2,1-2H3,(H,22,23,24)/t15-/m0/s1. The molecular weight excluding hydrogens is 361 g/mol. The number of aromatic nitrogens is 3. The van der Waals surface area contributed by atoms with E-state index in [1.54, 1.807) is 35.1 Å². The van der Waals surface area contributed by atoms with E-state index < -0.39 is 11.9 Å². The van der Waals surface area contributed by atoms with Crippen molar-refractivity contribution in [3.63, 3.8) is 0 Å². The maximum Gasteiger partial charge on any atom is 0.414 e. The molecule has 0 bridgehead atoms. The number of pyridine rings is 1. The second-order valence-electron chi connectivity index (χ2n) is 6.62. The second kappa shape index (κ2) is 7.30. The summed E-state index contributed by atoms with van der Waals surface area (Å²) in [5.41, 5.74) is 1.55. The van der Waals surface area contributed by atoms with Crippen molar-refractivity contribution in [2.75, 3.05) is 16.8 Å². The van der Waals surface area contributed by atoms with Gasteiger partial charge in [-0.05, 0) is 36.8 Å². The number of rotatable bonds is 5. The van der Waals surface area contributed by atoms with Gasteiger partial charge in [-0.3, -0.25) is 9.58 Å². The summed E-state index contributed by atoms with van der Waals surface area (Å²) >= 11 is 0. The Balaban J connectivity index is 1.52.